The second-order valence-electron chi connectivity index (χ2n) is 12.5. The number of amides is 2. The van der Waals surface area contributed by atoms with E-state index in [0.29, 0.717) is 55.5 Å². The zero-order valence-electron chi connectivity index (χ0n) is 26.3. The number of carbonyl (C=O) groups is 2. The molecule has 0 saturated carbocycles. The molecule has 2 aliphatic heterocycles. The maximum absolute atomic E-state index is 13.7. The Morgan fingerprint density at radius 2 is 1.73 bits per heavy atom. The molecule has 0 atom stereocenters. The number of morpholine rings is 1. The van der Waals surface area contributed by atoms with E-state index in [9.17, 15) is 14.4 Å². The standard InChI is InChI=1S/C34H37N7O4/c1-21-24(7-6-8-28(21)41-12-11-22-17-29(34(2,3)4)35-20-25(22)32(41)43)26-18-27(33(44)39(5)38-26)37-30-10-9-23(19-36-30)31(42)40-13-15-45-16-14-40/h6-10,17-20H,11-16H2,1-5H3,(H,36,37). The van der Waals surface area contributed by atoms with Gasteiger partial charge < -0.3 is 19.9 Å². The Kier molecular flexibility index (Phi) is 7.96. The van der Waals surface area contributed by atoms with Gasteiger partial charge in [-0.25, -0.2) is 9.67 Å². The number of pyridine rings is 2. The van der Waals surface area contributed by atoms with E-state index in [1.807, 2.05) is 25.1 Å². The van der Waals surface area contributed by atoms with Crippen LogP contribution >= 0.6 is 0 Å². The summed E-state index contributed by atoms with van der Waals surface area (Å²) in [5.41, 5.74) is 5.97. The molecule has 0 bridgehead atoms. The van der Waals surface area contributed by atoms with Gasteiger partial charge in [-0.05, 0) is 54.8 Å². The molecule has 0 spiro atoms. The number of anilines is 3. The van der Waals surface area contributed by atoms with Crippen molar-refractivity contribution in [3.63, 3.8) is 0 Å². The molecule has 1 N–H and O–H groups in total. The number of benzene rings is 1. The third-order valence-corrected chi connectivity index (χ3v) is 8.34. The van der Waals surface area contributed by atoms with Gasteiger partial charge in [0.05, 0.1) is 30.0 Å². The van der Waals surface area contributed by atoms with Crippen molar-refractivity contribution in [3.8, 4) is 11.3 Å². The van der Waals surface area contributed by atoms with Crippen LogP contribution in [0.2, 0.25) is 0 Å². The Balaban J connectivity index is 1.26. The second-order valence-corrected chi connectivity index (χ2v) is 12.5. The minimum Gasteiger partial charge on any atom is -0.378 e. The predicted molar refractivity (Wildman–Crippen MR) is 172 cm³/mol. The van der Waals surface area contributed by atoms with Crippen LogP contribution in [0.25, 0.3) is 11.3 Å². The highest BCUT2D eigenvalue weighted by Gasteiger charge is 2.29. The quantitative estimate of drug-likeness (QED) is 0.357. The van der Waals surface area contributed by atoms with Crippen LogP contribution in [0, 0.1) is 6.92 Å². The van der Waals surface area contributed by atoms with Gasteiger partial charge in [0, 0.05) is 61.4 Å². The normalized spacial score (nSPS) is 15.2. The summed E-state index contributed by atoms with van der Waals surface area (Å²) in [6.07, 6.45) is 3.94. The van der Waals surface area contributed by atoms with Crippen LogP contribution in [0.15, 0.2) is 59.7 Å². The number of hydrogen-bond acceptors (Lipinski definition) is 8. The number of nitrogens with one attached hydrogen (secondary N) is 1. The topological polar surface area (TPSA) is 123 Å². The van der Waals surface area contributed by atoms with Gasteiger partial charge >= 0.3 is 0 Å². The van der Waals surface area contributed by atoms with Crippen molar-refractivity contribution in [1.29, 1.82) is 0 Å². The number of aromatic nitrogens is 4. The Bertz CT molecular complexity index is 1840. The van der Waals surface area contributed by atoms with Crippen molar-refractivity contribution in [2.24, 2.45) is 7.05 Å². The summed E-state index contributed by atoms with van der Waals surface area (Å²) in [5, 5.41) is 7.64. The second kappa shape index (κ2) is 11.9. The molecule has 0 aliphatic carbocycles. The summed E-state index contributed by atoms with van der Waals surface area (Å²) < 4.78 is 6.61. The van der Waals surface area contributed by atoms with Crippen molar-refractivity contribution >= 4 is 29.0 Å². The van der Waals surface area contributed by atoms with Crippen LogP contribution in [0.1, 0.15) is 58.3 Å². The summed E-state index contributed by atoms with van der Waals surface area (Å²) in [4.78, 5) is 52.1. The van der Waals surface area contributed by atoms with E-state index in [4.69, 9.17) is 4.74 Å². The number of ether oxygens (including phenoxy) is 1. The van der Waals surface area contributed by atoms with E-state index in [-0.39, 0.29) is 28.5 Å². The maximum atomic E-state index is 13.7. The fourth-order valence-corrected chi connectivity index (χ4v) is 5.72. The van der Waals surface area contributed by atoms with Crippen molar-refractivity contribution < 1.29 is 14.3 Å². The molecule has 0 radical (unpaired) electrons. The van der Waals surface area contributed by atoms with Crippen LogP contribution < -0.4 is 15.8 Å². The number of rotatable bonds is 5. The molecule has 45 heavy (non-hydrogen) atoms. The molecule has 1 saturated heterocycles. The largest absolute Gasteiger partial charge is 0.378 e. The number of hydrogen-bond donors (Lipinski definition) is 1. The summed E-state index contributed by atoms with van der Waals surface area (Å²) in [6.45, 7) is 11.0. The average Bonchev–Trinajstić information content (AvgIpc) is 3.03. The third-order valence-electron chi connectivity index (χ3n) is 8.34. The predicted octanol–water partition coefficient (Wildman–Crippen LogP) is 4.26. The van der Waals surface area contributed by atoms with Crippen molar-refractivity contribution in [2.45, 2.75) is 39.5 Å². The Morgan fingerprint density at radius 1 is 0.956 bits per heavy atom. The van der Waals surface area contributed by atoms with Crippen LogP contribution in [-0.4, -0.2) is 69.3 Å². The van der Waals surface area contributed by atoms with E-state index in [1.54, 1.807) is 41.2 Å². The fraction of sp³-hybridized carbons (Fsp3) is 0.353. The van der Waals surface area contributed by atoms with Gasteiger partial charge in [-0.3, -0.25) is 19.4 Å². The minimum atomic E-state index is -0.326. The third kappa shape index (κ3) is 5.95. The number of fused-ring (bicyclic) bond motifs is 1. The van der Waals surface area contributed by atoms with Gasteiger partial charge in [0.1, 0.15) is 11.5 Å². The molecule has 6 rings (SSSR count). The zero-order chi connectivity index (χ0) is 31.9. The first kappa shape index (κ1) is 30.1. The van der Waals surface area contributed by atoms with Crippen LogP contribution in [0.3, 0.4) is 0 Å². The molecule has 3 aromatic heterocycles. The van der Waals surface area contributed by atoms with Crippen molar-refractivity contribution in [1.82, 2.24) is 24.6 Å². The first-order valence-electron chi connectivity index (χ1n) is 15.1. The van der Waals surface area contributed by atoms with Crippen LogP contribution in [0.4, 0.5) is 17.2 Å². The lowest BCUT2D eigenvalue weighted by molar-refractivity contribution is 0.0302. The molecule has 2 aliphatic rings. The van der Waals surface area contributed by atoms with E-state index >= 15 is 0 Å². The smallest absolute Gasteiger partial charge is 0.290 e. The zero-order valence-corrected chi connectivity index (χ0v) is 26.3. The van der Waals surface area contributed by atoms with E-state index < -0.39 is 0 Å². The van der Waals surface area contributed by atoms with Gasteiger partial charge in [-0.1, -0.05) is 32.9 Å². The average molecular weight is 608 g/mol. The molecule has 5 heterocycles. The molecule has 0 unspecified atom stereocenters. The summed E-state index contributed by atoms with van der Waals surface area (Å²) in [6, 6.07) is 12.9. The van der Waals surface area contributed by atoms with E-state index in [2.05, 4.69) is 47.2 Å². The summed E-state index contributed by atoms with van der Waals surface area (Å²) in [7, 11) is 1.59. The molecular formula is C34H37N7O4. The van der Waals surface area contributed by atoms with Crippen LogP contribution in [0.5, 0.6) is 0 Å². The summed E-state index contributed by atoms with van der Waals surface area (Å²) >= 11 is 0. The first-order chi connectivity index (χ1) is 21.5. The first-order valence-corrected chi connectivity index (χ1v) is 15.1. The molecule has 4 aromatic rings. The lowest BCUT2D eigenvalue weighted by Crippen LogP contribution is -2.40. The SMILES string of the molecule is Cc1c(-c2cc(Nc3ccc(C(=O)N4CCOCC4)cn3)c(=O)n(C)n2)cccc1N1CCc2cc(C(C)(C)C)ncc2C1=O. The lowest BCUT2D eigenvalue weighted by Gasteiger charge is -2.31. The number of nitrogens with zero attached hydrogens (tertiary/aromatic N) is 6. The number of aryl methyl sites for hydroxylation is 1. The molecule has 1 aromatic carbocycles. The van der Waals surface area contributed by atoms with Gasteiger partial charge in [0.25, 0.3) is 17.4 Å². The van der Waals surface area contributed by atoms with Gasteiger partial charge in [-0.15, -0.1) is 0 Å². The van der Waals surface area contributed by atoms with Gasteiger partial charge in [-0.2, -0.15) is 5.10 Å². The highest BCUT2D eigenvalue weighted by Crippen LogP contribution is 2.34. The minimum absolute atomic E-state index is 0.0816. The van der Waals surface area contributed by atoms with Crippen molar-refractivity contribution in [2.75, 3.05) is 43.1 Å². The Labute approximate surface area is 261 Å². The highest BCUT2D eigenvalue weighted by molar-refractivity contribution is 6.08. The maximum Gasteiger partial charge on any atom is 0.290 e. The number of carbonyl (C=O) groups excluding carboxylic acids is 2. The molecule has 2 amide bonds. The van der Waals surface area contributed by atoms with Gasteiger partial charge in [0.15, 0.2) is 0 Å². The fourth-order valence-electron chi connectivity index (χ4n) is 5.72. The van der Waals surface area contributed by atoms with Gasteiger partial charge in [0.2, 0.25) is 0 Å². The van der Waals surface area contributed by atoms with E-state index in [1.165, 1.54) is 10.9 Å². The Morgan fingerprint density at radius 3 is 2.44 bits per heavy atom. The Hall–Kier alpha value is -4.90. The molecule has 232 valence electrons. The molecule has 1 fully saturated rings. The highest BCUT2D eigenvalue weighted by atomic mass is 16.5. The van der Waals surface area contributed by atoms with Crippen LogP contribution in [-0.2, 0) is 23.6 Å². The van der Waals surface area contributed by atoms with E-state index in [0.717, 1.165) is 34.5 Å². The lowest BCUT2D eigenvalue weighted by atomic mass is 9.88. The monoisotopic (exact) mass is 607 g/mol. The molecule has 11 heteroatoms. The molecule has 11 nitrogen and oxygen atoms in total. The molecular weight excluding hydrogens is 570 g/mol. The van der Waals surface area contributed by atoms with Crippen molar-refractivity contribution in [3.05, 3.63) is 93.2 Å². The summed E-state index contributed by atoms with van der Waals surface area (Å²) in [5.74, 6) is 0.243.